The van der Waals surface area contributed by atoms with E-state index >= 15 is 0 Å². The van der Waals surface area contributed by atoms with Gasteiger partial charge in [-0.2, -0.15) is 0 Å². The van der Waals surface area contributed by atoms with Crippen molar-refractivity contribution in [3.05, 3.63) is 47.3 Å². The minimum absolute atomic E-state index is 0.0654. The van der Waals surface area contributed by atoms with Gasteiger partial charge in [0.1, 0.15) is 17.5 Å². The molecule has 1 N–H and O–H groups in total. The highest BCUT2D eigenvalue weighted by atomic mass is 19.1. The zero-order valence-electron chi connectivity index (χ0n) is 10.6. The summed E-state index contributed by atoms with van der Waals surface area (Å²) in [5, 5.41) is 17.7. The third-order valence-electron chi connectivity index (χ3n) is 3.68. The van der Waals surface area contributed by atoms with Crippen molar-refractivity contribution in [3.63, 3.8) is 0 Å². The maximum atomic E-state index is 13.7. The maximum Gasteiger partial charge on any atom is 0.138 e. The van der Waals surface area contributed by atoms with E-state index in [0.717, 1.165) is 31.0 Å². The molecule has 100 valence electrons. The molecule has 0 spiro atoms. The van der Waals surface area contributed by atoms with Crippen LogP contribution in [-0.2, 0) is 13.0 Å². The number of nitrogens with zero attached hydrogens (tertiary/aromatic N) is 3. The summed E-state index contributed by atoms with van der Waals surface area (Å²) in [4.78, 5) is 0. The summed E-state index contributed by atoms with van der Waals surface area (Å²) in [6.45, 7) is 0.945. The number of hydrogen-bond acceptors (Lipinski definition) is 3. The normalized spacial score (nSPS) is 18.3. The summed E-state index contributed by atoms with van der Waals surface area (Å²) < 4.78 is 15.7. The molecule has 1 aliphatic heterocycles. The molecule has 1 aliphatic rings. The fourth-order valence-corrected chi connectivity index (χ4v) is 2.64. The summed E-state index contributed by atoms with van der Waals surface area (Å²) in [6, 6.07) is 6.73. The lowest BCUT2D eigenvalue weighted by molar-refractivity contribution is 0.237. The van der Waals surface area contributed by atoms with Crippen molar-refractivity contribution in [2.45, 2.75) is 31.7 Å². The second-order valence-corrected chi connectivity index (χ2v) is 4.92. The second-order valence-electron chi connectivity index (χ2n) is 4.92. The lowest BCUT2D eigenvalue weighted by Gasteiger charge is -2.21. The van der Waals surface area contributed by atoms with Crippen molar-refractivity contribution < 1.29 is 9.50 Å². The molecule has 0 radical (unpaired) electrons. The first kappa shape index (κ1) is 12.3. The van der Waals surface area contributed by atoms with Crippen molar-refractivity contribution >= 4 is 0 Å². The minimum atomic E-state index is -0.214. The van der Waals surface area contributed by atoms with Crippen LogP contribution in [0.25, 0.3) is 0 Å². The first-order chi connectivity index (χ1) is 9.29. The van der Waals surface area contributed by atoms with E-state index in [9.17, 15) is 9.50 Å². The third kappa shape index (κ3) is 2.26. The van der Waals surface area contributed by atoms with Gasteiger partial charge in [-0.1, -0.05) is 18.2 Å². The average Bonchev–Trinajstić information content (AvgIpc) is 2.84. The Balaban J connectivity index is 1.91. The molecule has 0 saturated carbocycles. The predicted molar refractivity (Wildman–Crippen MR) is 68.3 cm³/mol. The number of aliphatic hydroxyl groups excluding tert-OH is 1. The number of benzene rings is 1. The van der Waals surface area contributed by atoms with Crippen LogP contribution in [0.5, 0.6) is 0 Å². The molecule has 4 nitrogen and oxygen atoms in total. The summed E-state index contributed by atoms with van der Waals surface area (Å²) in [5.41, 5.74) is 0.629. The van der Waals surface area contributed by atoms with E-state index in [1.807, 2.05) is 10.6 Å². The summed E-state index contributed by atoms with van der Waals surface area (Å²) in [7, 11) is 0. The van der Waals surface area contributed by atoms with E-state index in [1.54, 1.807) is 12.1 Å². The molecule has 0 amide bonds. The molecule has 0 fully saturated rings. The van der Waals surface area contributed by atoms with Gasteiger partial charge < -0.3 is 9.67 Å². The Morgan fingerprint density at radius 3 is 2.95 bits per heavy atom. The van der Waals surface area contributed by atoms with Gasteiger partial charge in [0.2, 0.25) is 0 Å². The second kappa shape index (κ2) is 5.09. The van der Waals surface area contributed by atoms with Gasteiger partial charge in [-0.3, -0.25) is 0 Å². The van der Waals surface area contributed by atoms with Crippen molar-refractivity contribution in [3.8, 4) is 0 Å². The molecule has 0 aliphatic carbocycles. The molecule has 1 atom stereocenters. The lowest BCUT2D eigenvalue weighted by Crippen LogP contribution is -2.20. The number of rotatable bonds is 3. The van der Waals surface area contributed by atoms with E-state index in [-0.39, 0.29) is 18.3 Å². The van der Waals surface area contributed by atoms with E-state index in [2.05, 4.69) is 10.2 Å². The highest BCUT2D eigenvalue weighted by Crippen LogP contribution is 2.26. The molecule has 1 aromatic carbocycles. The Kier molecular flexibility index (Phi) is 3.29. The van der Waals surface area contributed by atoms with Crippen LogP contribution in [0.3, 0.4) is 0 Å². The van der Waals surface area contributed by atoms with Crippen molar-refractivity contribution in [1.29, 1.82) is 0 Å². The highest BCUT2D eigenvalue weighted by Gasteiger charge is 2.24. The standard InChI is InChI=1S/C14H16FN3O/c15-12-6-2-1-4-10(12)8-13-16-17-14-11(9-19)5-3-7-18(13)14/h1-2,4,6,11,19H,3,5,7-9H2. The van der Waals surface area contributed by atoms with Crippen molar-refractivity contribution in [1.82, 2.24) is 14.8 Å². The Bertz CT molecular complexity index is 582. The maximum absolute atomic E-state index is 13.7. The van der Waals surface area contributed by atoms with Gasteiger partial charge in [-0.25, -0.2) is 4.39 Å². The van der Waals surface area contributed by atoms with Gasteiger partial charge in [0.05, 0.1) is 6.61 Å². The molecule has 2 aromatic rings. The van der Waals surface area contributed by atoms with Gasteiger partial charge in [-0.05, 0) is 24.5 Å². The fraction of sp³-hybridized carbons (Fsp3) is 0.429. The Hall–Kier alpha value is -1.75. The fourth-order valence-electron chi connectivity index (χ4n) is 2.64. The van der Waals surface area contributed by atoms with E-state index in [1.165, 1.54) is 6.07 Å². The molecule has 2 heterocycles. The van der Waals surface area contributed by atoms with Crippen LogP contribution in [0.15, 0.2) is 24.3 Å². The summed E-state index contributed by atoms with van der Waals surface area (Å²) in [5.74, 6) is 1.46. The predicted octanol–water partition coefficient (Wildman–Crippen LogP) is 1.88. The average molecular weight is 261 g/mol. The van der Waals surface area contributed by atoms with Gasteiger partial charge in [0.15, 0.2) is 0 Å². The molecular formula is C14H16FN3O. The number of fused-ring (bicyclic) bond motifs is 1. The topological polar surface area (TPSA) is 50.9 Å². The Morgan fingerprint density at radius 2 is 2.16 bits per heavy atom. The Morgan fingerprint density at radius 1 is 1.32 bits per heavy atom. The number of aromatic nitrogens is 3. The molecule has 0 bridgehead atoms. The van der Waals surface area contributed by atoms with Crippen molar-refractivity contribution in [2.75, 3.05) is 6.61 Å². The first-order valence-corrected chi connectivity index (χ1v) is 6.56. The highest BCUT2D eigenvalue weighted by molar-refractivity contribution is 5.22. The van der Waals surface area contributed by atoms with Crippen LogP contribution in [0.4, 0.5) is 4.39 Å². The monoisotopic (exact) mass is 261 g/mol. The first-order valence-electron chi connectivity index (χ1n) is 6.56. The zero-order chi connectivity index (χ0) is 13.2. The number of halogens is 1. The zero-order valence-corrected chi connectivity index (χ0v) is 10.6. The van der Waals surface area contributed by atoms with Crippen LogP contribution in [0, 0.1) is 5.82 Å². The van der Waals surface area contributed by atoms with E-state index in [4.69, 9.17) is 0 Å². The van der Waals surface area contributed by atoms with Crippen LogP contribution in [-0.4, -0.2) is 26.5 Å². The SMILES string of the molecule is OCC1CCCn2c(Cc3ccccc3F)nnc21. The molecule has 0 saturated heterocycles. The minimum Gasteiger partial charge on any atom is -0.396 e. The summed E-state index contributed by atoms with van der Waals surface area (Å²) in [6.07, 6.45) is 2.38. The molecule has 3 rings (SSSR count). The van der Waals surface area contributed by atoms with E-state index < -0.39 is 0 Å². The van der Waals surface area contributed by atoms with Crippen LogP contribution in [0.1, 0.15) is 36.0 Å². The molecule has 5 heteroatoms. The molecule has 1 unspecified atom stereocenters. The molecule has 19 heavy (non-hydrogen) atoms. The van der Waals surface area contributed by atoms with Gasteiger partial charge in [-0.15, -0.1) is 10.2 Å². The largest absolute Gasteiger partial charge is 0.396 e. The number of hydrogen-bond donors (Lipinski definition) is 1. The lowest BCUT2D eigenvalue weighted by atomic mass is 10.00. The molecule has 1 aromatic heterocycles. The Labute approximate surface area is 110 Å². The van der Waals surface area contributed by atoms with E-state index in [0.29, 0.717) is 12.0 Å². The third-order valence-corrected chi connectivity index (χ3v) is 3.68. The van der Waals surface area contributed by atoms with Gasteiger partial charge >= 0.3 is 0 Å². The van der Waals surface area contributed by atoms with Gasteiger partial charge in [0.25, 0.3) is 0 Å². The van der Waals surface area contributed by atoms with Crippen LogP contribution in [0.2, 0.25) is 0 Å². The number of aliphatic hydroxyl groups is 1. The summed E-state index contributed by atoms with van der Waals surface area (Å²) >= 11 is 0. The van der Waals surface area contributed by atoms with Crippen molar-refractivity contribution in [2.24, 2.45) is 0 Å². The molecular weight excluding hydrogens is 245 g/mol. The smallest absolute Gasteiger partial charge is 0.138 e. The van der Waals surface area contributed by atoms with Gasteiger partial charge in [0, 0.05) is 18.9 Å². The quantitative estimate of drug-likeness (QED) is 0.917. The van der Waals surface area contributed by atoms with Crippen LogP contribution >= 0.6 is 0 Å². The van der Waals surface area contributed by atoms with Crippen LogP contribution < -0.4 is 0 Å².